The van der Waals surface area contributed by atoms with Gasteiger partial charge in [0.2, 0.25) is 0 Å². The lowest BCUT2D eigenvalue weighted by molar-refractivity contribution is 0.560. The first-order valence-electron chi connectivity index (χ1n) is 2.92. The van der Waals surface area contributed by atoms with Gasteiger partial charge in [0.25, 0.3) is 0 Å². The van der Waals surface area contributed by atoms with E-state index in [4.69, 9.17) is 0 Å². The molecule has 0 radical (unpaired) electrons. The molecule has 1 aromatic heterocycles. The highest BCUT2D eigenvalue weighted by Crippen LogP contribution is 2.36. The highest BCUT2D eigenvalue weighted by atomic mass is 32.2. The largest absolute Gasteiger partial charge is 0.240 e. The Hall–Kier alpha value is -0.510. The molecule has 0 amide bonds. The second kappa shape index (κ2) is 2.02. The van der Waals surface area contributed by atoms with Gasteiger partial charge in [-0.3, -0.25) is 0 Å². The van der Waals surface area contributed by atoms with E-state index in [2.05, 4.69) is 10.1 Å². The van der Waals surface area contributed by atoms with Crippen LogP contribution in [0.5, 0.6) is 0 Å². The Morgan fingerprint density at radius 2 is 2.56 bits per heavy atom. The topological polar surface area (TPSA) is 30.7 Å². The monoisotopic (exact) mass is 141 g/mol. The molecule has 1 aromatic rings. The minimum atomic E-state index is 0.576. The minimum Gasteiger partial charge on any atom is -0.240 e. The lowest BCUT2D eigenvalue weighted by Crippen LogP contribution is -2.15. The minimum absolute atomic E-state index is 0.576. The molecule has 0 spiro atoms. The molecule has 1 unspecified atom stereocenters. The van der Waals surface area contributed by atoms with E-state index in [-0.39, 0.29) is 0 Å². The molecule has 2 heterocycles. The SMILES string of the molecule is c1ncn(C2CCS2)n1. The van der Waals surface area contributed by atoms with E-state index < -0.39 is 0 Å². The quantitative estimate of drug-likeness (QED) is 0.582. The van der Waals surface area contributed by atoms with Crippen molar-refractivity contribution >= 4 is 11.8 Å². The van der Waals surface area contributed by atoms with Gasteiger partial charge in [-0.05, 0) is 12.2 Å². The first-order valence-corrected chi connectivity index (χ1v) is 3.97. The molecule has 2 rings (SSSR count). The number of aromatic nitrogens is 3. The van der Waals surface area contributed by atoms with Crippen LogP contribution >= 0.6 is 11.8 Å². The fourth-order valence-corrected chi connectivity index (χ4v) is 1.51. The Labute approximate surface area is 57.5 Å². The van der Waals surface area contributed by atoms with E-state index in [1.54, 1.807) is 12.7 Å². The summed E-state index contributed by atoms with van der Waals surface area (Å²) in [5.41, 5.74) is 0. The zero-order chi connectivity index (χ0) is 6.10. The van der Waals surface area contributed by atoms with Crippen molar-refractivity contribution in [3.63, 3.8) is 0 Å². The normalized spacial score (nSPS) is 25.6. The summed E-state index contributed by atoms with van der Waals surface area (Å²) in [7, 11) is 0. The molecule has 0 aliphatic carbocycles. The van der Waals surface area contributed by atoms with Gasteiger partial charge in [-0.15, -0.1) is 11.8 Å². The smallest absolute Gasteiger partial charge is 0.137 e. The Morgan fingerprint density at radius 1 is 1.67 bits per heavy atom. The molecule has 0 aromatic carbocycles. The molecule has 0 N–H and O–H groups in total. The number of rotatable bonds is 1. The first kappa shape index (κ1) is 5.29. The highest BCUT2D eigenvalue weighted by molar-refractivity contribution is 8.00. The zero-order valence-electron chi connectivity index (χ0n) is 4.90. The van der Waals surface area contributed by atoms with Crippen molar-refractivity contribution in [1.82, 2.24) is 14.8 Å². The van der Waals surface area contributed by atoms with Crippen LogP contribution in [0, 0.1) is 0 Å². The third-order valence-corrected chi connectivity index (χ3v) is 2.71. The van der Waals surface area contributed by atoms with Gasteiger partial charge in [-0.2, -0.15) is 5.10 Å². The van der Waals surface area contributed by atoms with Gasteiger partial charge in [0.05, 0.1) is 5.37 Å². The fraction of sp³-hybridized carbons (Fsp3) is 0.600. The lowest BCUT2D eigenvalue weighted by atomic mass is 10.4. The van der Waals surface area contributed by atoms with Crippen molar-refractivity contribution < 1.29 is 0 Å². The summed E-state index contributed by atoms with van der Waals surface area (Å²) in [6.07, 6.45) is 4.60. The lowest BCUT2D eigenvalue weighted by Gasteiger charge is -2.23. The molecule has 1 atom stereocenters. The van der Waals surface area contributed by atoms with E-state index in [0.29, 0.717) is 5.37 Å². The van der Waals surface area contributed by atoms with Crippen LogP contribution in [-0.4, -0.2) is 20.5 Å². The van der Waals surface area contributed by atoms with Crippen LogP contribution in [-0.2, 0) is 0 Å². The Bertz CT molecular complexity index is 180. The molecule has 1 saturated heterocycles. The van der Waals surface area contributed by atoms with Crippen LogP contribution in [0.4, 0.5) is 0 Å². The molecule has 4 heteroatoms. The second-order valence-corrected chi connectivity index (χ2v) is 3.28. The Kier molecular flexibility index (Phi) is 1.19. The molecule has 48 valence electrons. The maximum absolute atomic E-state index is 4.02. The summed E-state index contributed by atoms with van der Waals surface area (Å²) in [6.45, 7) is 0. The number of hydrogen-bond acceptors (Lipinski definition) is 3. The predicted octanol–water partition coefficient (Wildman–Crippen LogP) is 0.914. The molecule has 0 bridgehead atoms. The van der Waals surface area contributed by atoms with Crippen LogP contribution in [0.15, 0.2) is 12.7 Å². The van der Waals surface area contributed by atoms with E-state index in [1.807, 2.05) is 16.4 Å². The van der Waals surface area contributed by atoms with Crippen molar-refractivity contribution in [3.8, 4) is 0 Å². The van der Waals surface area contributed by atoms with Crippen molar-refractivity contribution in [2.75, 3.05) is 5.75 Å². The van der Waals surface area contributed by atoms with E-state index in [1.165, 1.54) is 12.2 Å². The maximum Gasteiger partial charge on any atom is 0.137 e. The third-order valence-electron chi connectivity index (χ3n) is 1.41. The molecule has 3 nitrogen and oxygen atoms in total. The summed E-state index contributed by atoms with van der Waals surface area (Å²) >= 11 is 1.92. The van der Waals surface area contributed by atoms with Gasteiger partial charge in [-0.25, -0.2) is 9.67 Å². The van der Waals surface area contributed by atoms with E-state index in [9.17, 15) is 0 Å². The molecule has 9 heavy (non-hydrogen) atoms. The van der Waals surface area contributed by atoms with Gasteiger partial charge in [-0.1, -0.05) is 0 Å². The Morgan fingerprint density at radius 3 is 3.00 bits per heavy atom. The van der Waals surface area contributed by atoms with Crippen molar-refractivity contribution in [1.29, 1.82) is 0 Å². The van der Waals surface area contributed by atoms with Gasteiger partial charge in [0.15, 0.2) is 0 Å². The number of nitrogens with zero attached hydrogens (tertiary/aromatic N) is 3. The first-order chi connectivity index (χ1) is 4.47. The standard InChI is InChI=1S/C5H7N3S/c1-2-9-5(1)8-4-6-3-7-8/h3-5H,1-2H2. The summed E-state index contributed by atoms with van der Waals surface area (Å²) in [4.78, 5) is 3.86. The van der Waals surface area contributed by atoms with Crippen LogP contribution in [0.2, 0.25) is 0 Å². The van der Waals surface area contributed by atoms with Crippen molar-refractivity contribution in [3.05, 3.63) is 12.7 Å². The van der Waals surface area contributed by atoms with Gasteiger partial charge < -0.3 is 0 Å². The molecular formula is C5H7N3S. The Balaban J connectivity index is 2.14. The van der Waals surface area contributed by atoms with Crippen LogP contribution in [0.3, 0.4) is 0 Å². The van der Waals surface area contributed by atoms with Crippen LogP contribution in [0.1, 0.15) is 11.8 Å². The number of hydrogen-bond donors (Lipinski definition) is 0. The summed E-state index contributed by atoms with van der Waals surface area (Å²) < 4.78 is 1.91. The average Bonchev–Trinajstić information content (AvgIpc) is 2.11. The summed E-state index contributed by atoms with van der Waals surface area (Å²) in [5, 5.41) is 4.60. The predicted molar refractivity (Wildman–Crippen MR) is 36.1 cm³/mol. The van der Waals surface area contributed by atoms with Gasteiger partial charge in [0.1, 0.15) is 12.7 Å². The van der Waals surface area contributed by atoms with Crippen LogP contribution < -0.4 is 0 Å². The van der Waals surface area contributed by atoms with Crippen LogP contribution in [0.25, 0.3) is 0 Å². The molecule has 1 aliphatic heterocycles. The maximum atomic E-state index is 4.02. The van der Waals surface area contributed by atoms with Gasteiger partial charge in [0, 0.05) is 0 Å². The third kappa shape index (κ3) is 0.830. The molecule has 0 saturated carbocycles. The summed E-state index contributed by atoms with van der Waals surface area (Å²) in [6, 6.07) is 0. The van der Waals surface area contributed by atoms with Crippen molar-refractivity contribution in [2.45, 2.75) is 11.8 Å². The van der Waals surface area contributed by atoms with Gasteiger partial charge >= 0.3 is 0 Å². The molecule has 1 aliphatic rings. The fourth-order valence-electron chi connectivity index (χ4n) is 0.798. The highest BCUT2D eigenvalue weighted by Gasteiger charge is 2.19. The zero-order valence-corrected chi connectivity index (χ0v) is 5.71. The molecular weight excluding hydrogens is 134 g/mol. The second-order valence-electron chi connectivity index (χ2n) is 1.99. The summed E-state index contributed by atoms with van der Waals surface area (Å²) in [5.74, 6) is 1.27. The average molecular weight is 141 g/mol. The molecule has 1 fully saturated rings. The number of thioether (sulfide) groups is 1. The van der Waals surface area contributed by atoms with E-state index >= 15 is 0 Å². The van der Waals surface area contributed by atoms with Crippen molar-refractivity contribution in [2.24, 2.45) is 0 Å². The van der Waals surface area contributed by atoms with E-state index in [0.717, 1.165) is 0 Å².